The molecule has 1 aromatic carbocycles. The molecule has 3 nitrogen and oxygen atoms in total. The third-order valence-electron chi connectivity index (χ3n) is 3.43. The highest BCUT2D eigenvalue weighted by molar-refractivity contribution is 6.42. The Morgan fingerprint density at radius 2 is 2.00 bits per heavy atom. The lowest BCUT2D eigenvalue weighted by molar-refractivity contribution is -0.118. The van der Waals surface area contributed by atoms with Gasteiger partial charge in [-0.25, -0.2) is 0 Å². The molecule has 0 spiro atoms. The van der Waals surface area contributed by atoms with Crippen LogP contribution in [0.1, 0.15) is 31.2 Å². The van der Waals surface area contributed by atoms with Crippen LogP contribution in [0.15, 0.2) is 24.3 Å². The van der Waals surface area contributed by atoms with E-state index in [0.29, 0.717) is 10.0 Å². The maximum atomic E-state index is 11.8. The van der Waals surface area contributed by atoms with Gasteiger partial charge in [-0.1, -0.05) is 42.1 Å². The van der Waals surface area contributed by atoms with Crippen molar-refractivity contribution in [2.75, 3.05) is 0 Å². The molecule has 2 atom stereocenters. The van der Waals surface area contributed by atoms with Gasteiger partial charge in [-0.15, -0.1) is 0 Å². The number of hydrogen-bond donors (Lipinski definition) is 2. The van der Waals surface area contributed by atoms with Gasteiger partial charge in [0, 0.05) is 6.08 Å². The van der Waals surface area contributed by atoms with E-state index in [-0.39, 0.29) is 11.9 Å². The Bertz CT molecular complexity index is 517. The van der Waals surface area contributed by atoms with Gasteiger partial charge in [0.2, 0.25) is 5.91 Å². The molecule has 2 N–H and O–H groups in total. The maximum absolute atomic E-state index is 11.8. The second-order valence-electron chi connectivity index (χ2n) is 4.97. The summed E-state index contributed by atoms with van der Waals surface area (Å²) in [5.74, 6) is -0.206. The summed E-state index contributed by atoms with van der Waals surface area (Å²) in [5, 5.41) is 13.6. The number of benzene rings is 1. The number of aliphatic hydroxyl groups is 1. The number of carbonyl (C=O) groups excluding carboxylic acids is 1. The number of hydrogen-bond acceptors (Lipinski definition) is 2. The zero-order valence-electron chi connectivity index (χ0n) is 11.0. The first-order valence-corrected chi connectivity index (χ1v) is 7.43. The Morgan fingerprint density at radius 1 is 1.25 bits per heavy atom. The van der Waals surface area contributed by atoms with Crippen LogP contribution in [0.4, 0.5) is 0 Å². The number of rotatable bonds is 3. The fraction of sp³-hybridized carbons (Fsp3) is 0.400. The van der Waals surface area contributed by atoms with Crippen molar-refractivity contribution in [3.8, 4) is 0 Å². The van der Waals surface area contributed by atoms with Crippen molar-refractivity contribution in [3.63, 3.8) is 0 Å². The van der Waals surface area contributed by atoms with Gasteiger partial charge in [0.15, 0.2) is 0 Å². The molecule has 20 heavy (non-hydrogen) atoms. The van der Waals surface area contributed by atoms with E-state index in [1.807, 2.05) is 0 Å². The highest BCUT2D eigenvalue weighted by Crippen LogP contribution is 2.23. The molecule has 1 saturated carbocycles. The van der Waals surface area contributed by atoms with Gasteiger partial charge in [-0.3, -0.25) is 4.79 Å². The summed E-state index contributed by atoms with van der Waals surface area (Å²) in [6.45, 7) is 0. The van der Waals surface area contributed by atoms with Crippen molar-refractivity contribution in [2.24, 2.45) is 0 Å². The molecule has 1 aromatic rings. The Labute approximate surface area is 128 Å². The van der Waals surface area contributed by atoms with Crippen molar-refractivity contribution in [2.45, 2.75) is 37.8 Å². The minimum Gasteiger partial charge on any atom is -0.391 e. The lowest BCUT2D eigenvalue weighted by Crippen LogP contribution is -2.44. The molecule has 0 heterocycles. The highest BCUT2D eigenvalue weighted by atomic mass is 35.5. The van der Waals surface area contributed by atoms with Crippen molar-refractivity contribution < 1.29 is 9.90 Å². The molecular weight excluding hydrogens is 297 g/mol. The molecule has 1 aliphatic carbocycles. The quantitative estimate of drug-likeness (QED) is 0.840. The Kier molecular flexibility index (Phi) is 5.46. The van der Waals surface area contributed by atoms with E-state index in [0.717, 1.165) is 31.2 Å². The fourth-order valence-electron chi connectivity index (χ4n) is 2.30. The normalized spacial score (nSPS) is 22.9. The van der Waals surface area contributed by atoms with E-state index in [1.54, 1.807) is 24.3 Å². The van der Waals surface area contributed by atoms with Crippen LogP contribution < -0.4 is 5.32 Å². The number of aliphatic hydroxyl groups excluding tert-OH is 1. The Morgan fingerprint density at radius 3 is 2.70 bits per heavy atom. The Hall–Kier alpha value is -1.03. The van der Waals surface area contributed by atoms with Gasteiger partial charge in [-0.05, 0) is 36.6 Å². The number of carbonyl (C=O) groups is 1. The zero-order valence-corrected chi connectivity index (χ0v) is 12.5. The van der Waals surface area contributed by atoms with Gasteiger partial charge < -0.3 is 10.4 Å². The van der Waals surface area contributed by atoms with E-state index in [9.17, 15) is 9.90 Å². The molecule has 108 valence electrons. The van der Waals surface area contributed by atoms with E-state index in [1.165, 1.54) is 6.08 Å². The van der Waals surface area contributed by atoms with Crippen LogP contribution in [0.25, 0.3) is 6.08 Å². The summed E-state index contributed by atoms with van der Waals surface area (Å²) in [7, 11) is 0. The molecule has 2 rings (SSSR count). The largest absolute Gasteiger partial charge is 0.391 e. The van der Waals surface area contributed by atoms with Crippen LogP contribution in [0, 0.1) is 0 Å². The van der Waals surface area contributed by atoms with E-state index in [2.05, 4.69) is 5.32 Å². The SMILES string of the molecule is O=C(/C=C/c1ccc(Cl)c(Cl)c1)N[C@@H]1CCCC[C@H]1O. The third-order valence-corrected chi connectivity index (χ3v) is 4.17. The maximum Gasteiger partial charge on any atom is 0.244 e. The van der Waals surface area contributed by atoms with Crippen LogP contribution >= 0.6 is 23.2 Å². The first-order chi connectivity index (χ1) is 9.56. The van der Waals surface area contributed by atoms with E-state index >= 15 is 0 Å². The number of nitrogens with one attached hydrogen (secondary N) is 1. The standard InChI is InChI=1S/C15H17Cl2NO2/c16-11-7-5-10(9-12(11)17)6-8-15(20)18-13-3-1-2-4-14(13)19/h5-9,13-14,19H,1-4H2,(H,18,20)/b8-6+/t13-,14-/m1/s1. The smallest absolute Gasteiger partial charge is 0.244 e. The first-order valence-electron chi connectivity index (χ1n) is 6.68. The molecular formula is C15H17Cl2NO2. The molecule has 1 fully saturated rings. The van der Waals surface area contributed by atoms with E-state index < -0.39 is 6.10 Å². The molecule has 5 heteroatoms. The minimum atomic E-state index is -0.439. The second kappa shape index (κ2) is 7.11. The summed E-state index contributed by atoms with van der Waals surface area (Å²) in [6.07, 6.45) is 6.32. The average Bonchev–Trinajstić information content (AvgIpc) is 2.43. The lowest BCUT2D eigenvalue weighted by atomic mass is 9.92. The van der Waals surface area contributed by atoms with Crippen molar-refractivity contribution in [1.29, 1.82) is 0 Å². The average molecular weight is 314 g/mol. The third kappa shape index (κ3) is 4.23. The van der Waals surface area contributed by atoms with Crippen LogP contribution in [0.3, 0.4) is 0 Å². The van der Waals surface area contributed by atoms with Gasteiger partial charge in [0.1, 0.15) is 0 Å². The number of halogens is 2. The molecule has 0 radical (unpaired) electrons. The van der Waals surface area contributed by atoms with Crippen molar-refractivity contribution >= 4 is 35.2 Å². The van der Waals surface area contributed by atoms with Gasteiger partial charge >= 0.3 is 0 Å². The van der Waals surface area contributed by atoms with Gasteiger partial charge in [0.25, 0.3) is 0 Å². The highest BCUT2D eigenvalue weighted by Gasteiger charge is 2.23. The molecule has 1 aliphatic rings. The predicted molar refractivity (Wildman–Crippen MR) is 81.9 cm³/mol. The first kappa shape index (κ1) is 15.4. The van der Waals surface area contributed by atoms with Crippen LogP contribution in [0.5, 0.6) is 0 Å². The summed E-state index contributed by atoms with van der Waals surface area (Å²) in [6, 6.07) is 5.03. The minimum absolute atomic E-state index is 0.144. The summed E-state index contributed by atoms with van der Waals surface area (Å²) >= 11 is 11.7. The van der Waals surface area contributed by atoms with Crippen molar-refractivity contribution in [3.05, 3.63) is 39.9 Å². The predicted octanol–water partition coefficient (Wildman–Crippen LogP) is 3.43. The van der Waals surface area contributed by atoms with Crippen LogP contribution in [-0.2, 0) is 4.79 Å². The zero-order chi connectivity index (χ0) is 14.5. The summed E-state index contributed by atoms with van der Waals surface area (Å²) in [4.78, 5) is 11.8. The number of amides is 1. The lowest BCUT2D eigenvalue weighted by Gasteiger charge is -2.27. The molecule has 0 unspecified atom stereocenters. The molecule has 0 saturated heterocycles. The molecule has 0 bridgehead atoms. The van der Waals surface area contributed by atoms with Crippen LogP contribution in [-0.4, -0.2) is 23.2 Å². The molecule has 0 aliphatic heterocycles. The summed E-state index contributed by atoms with van der Waals surface area (Å²) in [5.41, 5.74) is 0.804. The molecule has 1 amide bonds. The Balaban J connectivity index is 1.93. The topological polar surface area (TPSA) is 49.3 Å². The van der Waals surface area contributed by atoms with E-state index in [4.69, 9.17) is 23.2 Å². The van der Waals surface area contributed by atoms with Gasteiger partial charge in [0.05, 0.1) is 22.2 Å². The monoisotopic (exact) mass is 313 g/mol. The second-order valence-corrected chi connectivity index (χ2v) is 5.79. The summed E-state index contributed by atoms with van der Waals surface area (Å²) < 4.78 is 0. The molecule has 0 aromatic heterocycles. The van der Waals surface area contributed by atoms with Crippen LogP contribution in [0.2, 0.25) is 10.0 Å². The van der Waals surface area contributed by atoms with Gasteiger partial charge in [-0.2, -0.15) is 0 Å². The van der Waals surface area contributed by atoms with Crippen molar-refractivity contribution in [1.82, 2.24) is 5.32 Å². The fourth-order valence-corrected chi connectivity index (χ4v) is 2.60.